The van der Waals surface area contributed by atoms with Gasteiger partial charge < -0.3 is 9.47 Å². The zero-order valence-electron chi connectivity index (χ0n) is 14.1. The first kappa shape index (κ1) is 19.0. The third kappa shape index (κ3) is 2.55. The number of benzene rings is 3. The minimum absolute atomic E-state index is 0.0679. The van der Waals surface area contributed by atoms with Gasteiger partial charge in [-0.15, -0.1) is 0 Å². The van der Waals surface area contributed by atoms with Gasteiger partial charge in [-0.3, -0.25) is 0 Å². The Balaban J connectivity index is 2.04. The highest BCUT2D eigenvalue weighted by molar-refractivity contribution is 5.72. The Labute approximate surface area is 156 Å². The Morgan fingerprint density at radius 3 is 1.62 bits per heavy atom. The van der Waals surface area contributed by atoms with Crippen LogP contribution in [-0.4, -0.2) is 0 Å². The molecule has 0 saturated carbocycles. The molecule has 2 nitrogen and oxygen atoms in total. The van der Waals surface area contributed by atoms with Gasteiger partial charge >= 0.3 is 0 Å². The van der Waals surface area contributed by atoms with Crippen LogP contribution < -0.4 is 9.47 Å². The quantitative estimate of drug-likeness (QED) is 0.195. The molecule has 0 spiro atoms. The fourth-order valence-corrected chi connectivity index (χ4v) is 2.89. The van der Waals surface area contributed by atoms with Crippen molar-refractivity contribution in [1.29, 1.82) is 0 Å². The van der Waals surface area contributed by atoms with Crippen LogP contribution in [0.2, 0.25) is 0 Å². The van der Waals surface area contributed by atoms with Crippen molar-refractivity contribution in [1.82, 2.24) is 0 Å². The van der Waals surface area contributed by atoms with Crippen LogP contribution in [0.25, 0.3) is 11.1 Å². The summed E-state index contributed by atoms with van der Waals surface area (Å²) >= 11 is 0. The maximum atomic E-state index is 14.9. The molecule has 0 unspecified atom stereocenters. The van der Waals surface area contributed by atoms with Crippen LogP contribution in [0.3, 0.4) is 0 Å². The maximum absolute atomic E-state index is 14.9. The minimum Gasteiger partial charge on any atom is -0.446 e. The summed E-state index contributed by atoms with van der Waals surface area (Å²) in [6, 6.07) is 4.27. The molecule has 0 N–H and O–H groups in total. The predicted octanol–water partition coefficient (Wildman–Crippen LogP) is 6.67. The molecule has 1 aliphatic heterocycles. The highest BCUT2D eigenvalue weighted by Gasteiger charge is 2.37. The molecule has 3 aromatic rings. The topological polar surface area (TPSA) is 18.5 Å². The van der Waals surface area contributed by atoms with Gasteiger partial charge in [-0.1, -0.05) is 12.1 Å². The zero-order valence-corrected chi connectivity index (χ0v) is 14.1. The van der Waals surface area contributed by atoms with Crippen molar-refractivity contribution in [2.24, 2.45) is 0 Å². The standard InChI is InChI=1S/C19H6F8O2/c1-5-3-2-4-6-17(5)29-19-16(27)11(22)8(12(23)18(19)28-6)7-9(20)13(24)15(26)14(25)10(7)21/h2-4H,1H3. The lowest BCUT2D eigenvalue weighted by molar-refractivity contribution is 0.315. The number of rotatable bonds is 1. The lowest BCUT2D eigenvalue weighted by Gasteiger charge is -2.24. The molecule has 1 heterocycles. The van der Waals surface area contributed by atoms with Crippen molar-refractivity contribution in [3.05, 3.63) is 70.3 Å². The number of hydrogen-bond acceptors (Lipinski definition) is 2. The summed E-state index contributed by atoms with van der Waals surface area (Å²) in [6.45, 7) is 1.53. The Kier molecular flexibility index (Phi) is 4.18. The molecule has 3 aromatic carbocycles. The number of hydrogen-bond donors (Lipinski definition) is 0. The van der Waals surface area contributed by atoms with E-state index in [1.165, 1.54) is 25.1 Å². The van der Waals surface area contributed by atoms with Crippen molar-refractivity contribution in [3.63, 3.8) is 0 Å². The van der Waals surface area contributed by atoms with Gasteiger partial charge in [0.1, 0.15) is 0 Å². The molecular formula is C19H6F8O2. The highest BCUT2D eigenvalue weighted by Crippen LogP contribution is 2.52. The molecule has 0 aromatic heterocycles. The molecule has 1 aliphatic rings. The first-order valence-corrected chi connectivity index (χ1v) is 7.82. The second-order valence-electron chi connectivity index (χ2n) is 6.03. The number of fused-ring (bicyclic) bond motifs is 2. The first-order chi connectivity index (χ1) is 13.6. The molecular weight excluding hydrogens is 412 g/mol. The Bertz CT molecular complexity index is 1180. The molecule has 0 amide bonds. The van der Waals surface area contributed by atoms with Gasteiger partial charge in [-0.25, -0.2) is 30.7 Å². The molecule has 0 saturated heterocycles. The highest BCUT2D eigenvalue weighted by atomic mass is 19.2. The van der Waals surface area contributed by atoms with Crippen LogP contribution in [0.1, 0.15) is 5.56 Å². The fourth-order valence-electron chi connectivity index (χ4n) is 2.89. The normalized spacial score (nSPS) is 12.2. The van der Waals surface area contributed by atoms with Gasteiger partial charge in [0.2, 0.25) is 23.1 Å². The molecule has 0 aliphatic carbocycles. The minimum atomic E-state index is -2.54. The van der Waals surface area contributed by atoms with E-state index in [1.54, 1.807) is 0 Å². The van der Waals surface area contributed by atoms with Crippen molar-refractivity contribution < 1.29 is 44.6 Å². The van der Waals surface area contributed by atoms with E-state index in [-0.39, 0.29) is 11.5 Å². The van der Waals surface area contributed by atoms with Crippen LogP contribution in [0.5, 0.6) is 23.0 Å². The van der Waals surface area contributed by atoms with E-state index in [0.717, 1.165) is 0 Å². The summed E-state index contributed by atoms with van der Waals surface area (Å²) in [5.74, 6) is -21.0. The van der Waals surface area contributed by atoms with Crippen LogP contribution in [-0.2, 0) is 0 Å². The maximum Gasteiger partial charge on any atom is 0.211 e. The van der Waals surface area contributed by atoms with Gasteiger partial charge in [0.05, 0.1) is 11.1 Å². The third-order valence-electron chi connectivity index (χ3n) is 4.29. The smallest absolute Gasteiger partial charge is 0.211 e. The summed E-state index contributed by atoms with van der Waals surface area (Å²) in [6.07, 6.45) is 0. The SMILES string of the molecule is Cc1cccc2c1Oc1c(F)c(F)c(-c3c(F)c(F)c(F)c(F)c3F)c(F)c1O2. The van der Waals surface area contributed by atoms with E-state index in [9.17, 15) is 35.1 Å². The van der Waals surface area contributed by atoms with Crippen LogP contribution in [0.15, 0.2) is 18.2 Å². The molecule has 0 radical (unpaired) electrons. The molecule has 29 heavy (non-hydrogen) atoms. The second-order valence-corrected chi connectivity index (χ2v) is 6.03. The van der Waals surface area contributed by atoms with E-state index in [1.807, 2.05) is 0 Å². The second kappa shape index (κ2) is 6.36. The lowest BCUT2D eigenvalue weighted by atomic mass is 10.0. The summed E-state index contributed by atoms with van der Waals surface area (Å²) in [4.78, 5) is 0. The van der Waals surface area contributed by atoms with Crippen molar-refractivity contribution in [3.8, 4) is 34.1 Å². The molecule has 10 heteroatoms. The van der Waals surface area contributed by atoms with Crippen molar-refractivity contribution in [2.75, 3.05) is 0 Å². The van der Waals surface area contributed by atoms with Crippen LogP contribution in [0.4, 0.5) is 35.1 Å². The predicted molar refractivity (Wildman–Crippen MR) is 82.9 cm³/mol. The summed E-state index contributed by atoms with van der Waals surface area (Å²) < 4.78 is 123. The van der Waals surface area contributed by atoms with Gasteiger partial charge in [-0.05, 0) is 18.6 Å². The van der Waals surface area contributed by atoms with E-state index >= 15 is 0 Å². The van der Waals surface area contributed by atoms with E-state index in [0.29, 0.717) is 5.56 Å². The Hall–Kier alpha value is -3.30. The van der Waals surface area contributed by atoms with Gasteiger partial charge in [0.25, 0.3) is 0 Å². The summed E-state index contributed by atoms with van der Waals surface area (Å²) in [7, 11) is 0. The van der Waals surface area contributed by atoms with E-state index < -0.39 is 69.2 Å². The molecule has 0 bridgehead atoms. The fraction of sp³-hybridized carbons (Fsp3) is 0.0526. The molecule has 0 atom stereocenters. The Morgan fingerprint density at radius 2 is 1.00 bits per heavy atom. The molecule has 4 rings (SSSR count). The van der Waals surface area contributed by atoms with E-state index in [4.69, 9.17) is 9.47 Å². The number of halogens is 8. The molecule has 150 valence electrons. The third-order valence-corrected chi connectivity index (χ3v) is 4.29. The van der Waals surface area contributed by atoms with Gasteiger partial charge in [-0.2, -0.15) is 4.39 Å². The monoisotopic (exact) mass is 418 g/mol. The molecule has 0 fully saturated rings. The van der Waals surface area contributed by atoms with Crippen molar-refractivity contribution >= 4 is 0 Å². The van der Waals surface area contributed by atoms with Gasteiger partial charge in [0, 0.05) is 0 Å². The number of ether oxygens (including phenoxy) is 2. The number of aryl methyl sites for hydroxylation is 1. The van der Waals surface area contributed by atoms with E-state index in [2.05, 4.69) is 0 Å². The summed E-state index contributed by atoms with van der Waals surface area (Å²) in [5.41, 5.74) is -3.39. The number of para-hydroxylation sites is 1. The Morgan fingerprint density at radius 1 is 0.517 bits per heavy atom. The summed E-state index contributed by atoms with van der Waals surface area (Å²) in [5, 5.41) is 0. The van der Waals surface area contributed by atoms with Crippen LogP contribution in [0, 0.1) is 53.5 Å². The first-order valence-electron chi connectivity index (χ1n) is 7.82. The van der Waals surface area contributed by atoms with Crippen LogP contribution >= 0.6 is 0 Å². The largest absolute Gasteiger partial charge is 0.446 e. The average Bonchev–Trinajstić information content (AvgIpc) is 2.71. The average molecular weight is 418 g/mol. The zero-order chi connectivity index (χ0) is 21.2. The lowest BCUT2D eigenvalue weighted by Crippen LogP contribution is -2.11. The van der Waals surface area contributed by atoms with Crippen molar-refractivity contribution in [2.45, 2.75) is 6.92 Å². The van der Waals surface area contributed by atoms with Gasteiger partial charge in [0.15, 0.2) is 46.4 Å².